The number of nitrogens with zero attached hydrogens (tertiary/aromatic N) is 2. The van der Waals surface area contributed by atoms with Gasteiger partial charge in [-0.15, -0.1) is 0 Å². The fourth-order valence-electron chi connectivity index (χ4n) is 2.85. The van der Waals surface area contributed by atoms with Gasteiger partial charge in [0.05, 0.1) is 6.07 Å². The second kappa shape index (κ2) is 3.55. The van der Waals surface area contributed by atoms with Crippen molar-refractivity contribution in [2.45, 2.75) is 45.1 Å². The van der Waals surface area contributed by atoms with Gasteiger partial charge in [-0.05, 0) is 51.1 Å². The fraction of sp³-hybridized carbons (Fsp3) is 0.917. The molecule has 0 radical (unpaired) electrons. The lowest BCUT2D eigenvalue weighted by molar-refractivity contribution is 0.102. The van der Waals surface area contributed by atoms with Gasteiger partial charge in [-0.3, -0.25) is 4.90 Å². The first-order valence-corrected chi connectivity index (χ1v) is 5.85. The number of likely N-dealkylation sites (tertiary alicyclic amines) is 1. The van der Waals surface area contributed by atoms with Crippen molar-refractivity contribution in [2.75, 3.05) is 13.1 Å². The highest BCUT2D eigenvalue weighted by Gasteiger charge is 2.51. The van der Waals surface area contributed by atoms with Crippen LogP contribution < -0.4 is 0 Å². The Morgan fingerprint density at radius 1 is 1.29 bits per heavy atom. The van der Waals surface area contributed by atoms with Gasteiger partial charge in [0, 0.05) is 0 Å². The van der Waals surface area contributed by atoms with E-state index in [1.165, 1.54) is 25.7 Å². The molecule has 3 unspecified atom stereocenters. The largest absolute Gasteiger partial charge is 0.286 e. The molecule has 2 heteroatoms. The smallest absolute Gasteiger partial charge is 0.109 e. The van der Waals surface area contributed by atoms with Crippen molar-refractivity contribution in [3.05, 3.63) is 0 Å². The van der Waals surface area contributed by atoms with E-state index in [0.717, 1.165) is 19.0 Å². The van der Waals surface area contributed by atoms with Crippen molar-refractivity contribution in [3.63, 3.8) is 0 Å². The van der Waals surface area contributed by atoms with Crippen molar-refractivity contribution in [2.24, 2.45) is 11.8 Å². The SMILES string of the molecule is CC1CC1C(C)(C#N)N1CCCCC1. The predicted octanol–water partition coefficient (Wildman–Crippen LogP) is 2.41. The Bertz CT molecular complexity index is 250. The summed E-state index contributed by atoms with van der Waals surface area (Å²) in [5.74, 6) is 1.40. The van der Waals surface area contributed by atoms with Crippen LogP contribution in [0.4, 0.5) is 0 Å². The first-order valence-electron chi connectivity index (χ1n) is 5.85. The molecule has 0 N–H and O–H groups in total. The van der Waals surface area contributed by atoms with Gasteiger partial charge in [0.15, 0.2) is 0 Å². The van der Waals surface area contributed by atoms with Crippen molar-refractivity contribution >= 4 is 0 Å². The molecule has 1 aliphatic heterocycles. The molecule has 2 nitrogen and oxygen atoms in total. The predicted molar refractivity (Wildman–Crippen MR) is 56.7 cm³/mol. The van der Waals surface area contributed by atoms with Crippen LogP contribution in [0.3, 0.4) is 0 Å². The molecule has 1 aliphatic carbocycles. The topological polar surface area (TPSA) is 27.0 Å². The van der Waals surface area contributed by atoms with Crippen LogP contribution in [0.1, 0.15) is 39.5 Å². The molecular weight excluding hydrogens is 172 g/mol. The lowest BCUT2D eigenvalue weighted by Gasteiger charge is -2.39. The maximum atomic E-state index is 9.37. The zero-order valence-corrected chi connectivity index (χ0v) is 9.29. The zero-order valence-electron chi connectivity index (χ0n) is 9.29. The van der Waals surface area contributed by atoms with Crippen LogP contribution in [-0.2, 0) is 0 Å². The first kappa shape index (κ1) is 9.98. The number of rotatable bonds is 2. The van der Waals surface area contributed by atoms with Crippen LogP contribution in [-0.4, -0.2) is 23.5 Å². The van der Waals surface area contributed by atoms with Gasteiger partial charge < -0.3 is 0 Å². The third-order valence-corrected chi connectivity index (χ3v) is 4.07. The summed E-state index contributed by atoms with van der Waals surface area (Å²) < 4.78 is 0. The summed E-state index contributed by atoms with van der Waals surface area (Å²) >= 11 is 0. The summed E-state index contributed by atoms with van der Waals surface area (Å²) in [6, 6.07) is 2.57. The van der Waals surface area contributed by atoms with E-state index in [1.807, 2.05) is 0 Å². The molecule has 0 aromatic heterocycles. The zero-order chi connectivity index (χ0) is 10.2. The molecule has 14 heavy (non-hydrogen) atoms. The summed E-state index contributed by atoms with van der Waals surface area (Å²) in [5, 5.41) is 9.37. The van der Waals surface area contributed by atoms with Crippen LogP contribution in [0.5, 0.6) is 0 Å². The van der Waals surface area contributed by atoms with Gasteiger partial charge in [0.1, 0.15) is 5.54 Å². The van der Waals surface area contributed by atoms with Crippen LogP contribution in [0.15, 0.2) is 0 Å². The van der Waals surface area contributed by atoms with Gasteiger partial charge in [-0.2, -0.15) is 5.26 Å². The van der Waals surface area contributed by atoms with Crippen LogP contribution in [0.2, 0.25) is 0 Å². The standard InChI is InChI=1S/C12H20N2/c1-10-8-11(10)12(2,9-13)14-6-4-3-5-7-14/h10-11H,3-8H2,1-2H3. The van der Waals surface area contributed by atoms with E-state index in [0.29, 0.717) is 5.92 Å². The van der Waals surface area contributed by atoms with Crippen LogP contribution in [0.25, 0.3) is 0 Å². The maximum Gasteiger partial charge on any atom is 0.109 e. The van der Waals surface area contributed by atoms with E-state index in [9.17, 15) is 5.26 Å². The number of piperidine rings is 1. The molecule has 2 aliphatic rings. The van der Waals surface area contributed by atoms with E-state index in [1.54, 1.807) is 0 Å². The van der Waals surface area contributed by atoms with Gasteiger partial charge >= 0.3 is 0 Å². The minimum absolute atomic E-state index is 0.167. The van der Waals surface area contributed by atoms with Crippen molar-refractivity contribution < 1.29 is 0 Å². The van der Waals surface area contributed by atoms with Crippen molar-refractivity contribution in [1.29, 1.82) is 5.26 Å². The Hall–Kier alpha value is -0.550. The Kier molecular flexibility index (Phi) is 2.53. The summed E-state index contributed by atoms with van der Waals surface area (Å²) in [5.41, 5.74) is -0.167. The summed E-state index contributed by atoms with van der Waals surface area (Å²) in [6.45, 7) is 6.68. The molecule has 1 heterocycles. The normalized spacial score (nSPS) is 37.2. The van der Waals surface area contributed by atoms with Gasteiger partial charge in [-0.25, -0.2) is 0 Å². The summed E-state index contributed by atoms with van der Waals surface area (Å²) in [6.07, 6.45) is 5.15. The van der Waals surface area contributed by atoms with E-state index < -0.39 is 0 Å². The van der Waals surface area contributed by atoms with Crippen LogP contribution in [0, 0.1) is 23.2 Å². The number of nitriles is 1. The van der Waals surface area contributed by atoms with Gasteiger partial charge in [0.25, 0.3) is 0 Å². The number of hydrogen-bond acceptors (Lipinski definition) is 2. The molecule has 0 aromatic carbocycles. The highest BCUT2D eigenvalue weighted by atomic mass is 15.2. The lowest BCUT2D eigenvalue weighted by Crippen LogP contribution is -2.49. The summed E-state index contributed by atoms with van der Waals surface area (Å²) in [7, 11) is 0. The molecule has 0 spiro atoms. The van der Waals surface area contributed by atoms with Gasteiger partial charge in [-0.1, -0.05) is 13.3 Å². The molecule has 2 rings (SSSR count). The number of hydrogen-bond donors (Lipinski definition) is 0. The molecule has 78 valence electrons. The van der Waals surface area contributed by atoms with Crippen molar-refractivity contribution in [3.8, 4) is 6.07 Å². The highest BCUT2D eigenvalue weighted by molar-refractivity contribution is 5.15. The second-order valence-electron chi connectivity index (χ2n) is 5.13. The minimum Gasteiger partial charge on any atom is -0.286 e. The molecule has 0 aromatic rings. The Morgan fingerprint density at radius 2 is 1.86 bits per heavy atom. The third kappa shape index (κ3) is 1.54. The molecular formula is C12H20N2. The molecule has 0 bridgehead atoms. The van der Waals surface area contributed by atoms with Gasteiger partial charge in [0.2, 0.25) is 0 Å². The second-order valence-corrected chi connectivity index (χ2v) is 5.13. The van der Waals surface area contributed by atoms with E-state index in [4.69, 9.17) is 0 Å². The lowest BCUT2D eigenvalue weighted by atomic mass is 9.91. The third-order valence-electron chi connectivity index (χ3n) is 4.07. The average molecular weight is 192 g/mol. The van der Waals surface area contributed by atoms with E-state index in [-0.39, 0.29) is 5.54 Å². The molecule has 3 atom stereocenters. The molecule has 0 amide bonds. The van der Waals surface area contributed by atoms with E-state index >= 15 is 0 Å². The van der Waals surface area contributed by atoms with Crippen molar-refractivity contribution in [1.82, 2.24) is 4.90 Å². The Balaban J connectivity index is 2.07. The molecule has 1 saturated carbocycles. The summed E-state index contributed by atoms with van der Waals surface area (Å²) in [4.78, 5) is 2.42. The first-order chi connectivity index (χ1) is 6.68. The fourth-order valence-corrected chi connectivity index (χ4v) is 2.85. The monoisotopic (exact) mass is 192 g/mol. The molecule has 1 saturated heterocycles. The quantitative estimate of drug-likeness (QED) is 0.672. The maximum absolute atomic E-state index is 9.37. The Labute approximate surface area is 86.9 Å². The Morgan fingerprint density at radius 3 is 2.29 bits per heavy atom. The highest BCUT2D eigenvalue weighted by Crippen LogP contribution is 2.48. The van der Waals surface area contributed by atoms with Crippen LogP contribution >= 0.6 is 0 Å². The molecule has 2 fully saturated rings. The average Bonchev–Trinajstić information content (AvgIpc) is 2.96. The minimum atomic E-state index is -0.167. The van der Waals surface area contributed by atoms with E-state index in [2.05, 4.69) is 24.8 Å².